The SMILES string of the molecule is Cc1ccc(OCC(=O)NNC(=O)COc2ccccc2)c(Br)c1. The summed E-state index contributed by atoms with van der Waals surface area (Å²) in [4.78, 5) is 23.3. The fourth-order valence-electron chi connectivity index (χ4n) is 1.74. The zero-order valence-corrected chi connectivity index (χ0v) is 14.6. The molecule has 0 saturated heterocycles. The standard InChI is InChI=1S/C17H17BrN2O4/c1-12-7-8-15(14(18)9-12)24-11-17(22)20-19-16(21)10-23-13-5-3-2-4-6-13/h2-9H,10-11H2,1H3,(H,19,21)(H,20,22). The third-order valence-corrected chi connectivity index (χ3v) is 3.52. The van der Waals surface area contributed by atoms with Crippen molar-refractivity contribution in [2.24, 2.45) is 0 Å². The van der Waals surface area contributed by atoms with Gasteiger partial charge in [0.25, 0.3) is 11.8 Å². The molecule has 126 valence electrons. The summed E-state index contributed by atoms with van der Waals surface area (Å²) in [5, 5.41) is 0. The van der Waals surface area contributed by atoms with Crippen LogP contribution in [-0.4, -0.2) is 25.0 Å². The summed E-state index contributed by atoms with van der Waals surface area (Å²) in [5.41, 5.74) is 5.59. The molecule has 0 unspecified atom stereocenters. The Bertz CT molecular complexity index is 707. The van der Waals surface area contributed by atoms with E-state index in [1.54, 1.807) is 30.3 Å². The Morgan fingerprint density at radius 1 is 0.958 bits per heavy atom. The summed E-state index contributed by atoms with van der Waals surface area (Å²) in [6.45, 7) is 1.53. The highest BCUT2D eigenvalue weighted by Crippen LogP contribution is 2.25. The Morgan fingerprint density at radius 2 is 1.58 bits per heavy atom. The minimum absolute atomic E-state index is 0.200. The molecule has 2 rings (SSSR count). The van der Waals surface area contributed by atoms with Gasteiger partial charge in [0, 0.05) is 0 Å². The van der Waals surface area contributed by atoms with Crippen LogP contribution >= 0.6 is 15.9 Å². The molecule has 0 saturated carbocycles. The van der Waals surface area contributed by atoms with E-state index < -0.39 is 11.8 Å². The number of hydrogen-bond donors (Lipinski definition) is 2. The number of rotatable bonds is 6. The van der Waals surface area contributed by atoms with Gasteiger partial charge in [-0.1, -0.05) is 24.3 Å². The van der Waals surface area contributed by atoms with E-state index in [1.807, 2.05) is 25.1 Å². The molecular formula is C17H17BrN2O4. The highest BCUT2D eigenvalue weighted by atomic mass is 79.9. The Kier molecular flexibility index (Phi) is 6.62. The van der Waals surface area contributed by atoms with Crippen molar-refractivity contribution in [3.63, 3.8) is 0 Å². The molecule has 0 aliphatic rings. The molecular weight excluding hydrogens is 376 g/mol. The van der Waals surface area contributed by atoms with Gasteiger partial charge in [-0.15, -0.1) is 0 Å². The van der Waals surface area contributed by atoms with Crippen LogP contribution in [0.3, 0.4) is 0 Å². The zero-order valence-electron chi connectivity index (χ0n) is 13.0. The largest absolute Gasteiger partial charge is 0.484 e. The van der Waals surface area contributed by atoms with Crippen LogP contribution in [0.5, 0.6) is 11.5 Å². The Morgan fingerprint density at radius 3 is 2.21 bits per heavy atom. The predicted molar refractivity (Wildman–Crippen MR) is 92.6 cm³/mol. The minimum Gasteiger partial charge on any atom is -0.484 e. The average Bonchev–Trinajstić information content (AvgIpc) is 2.58. The van der Waals surface area contributed by atoms with E-state index in [0.29, 0.717) is 11.5 Å². The van der Waals surface area contributed by atoms with Crippen molar-refractivity contribution in [1.29, 1.82) is 0 Å². The number of ether oxygens (including phenoxy) is 2. The van der Waals surface area contributed by atoms with Crippen LogP contribution < -0.4 is 20.3 Å². The van der Waals surface area contributed by atoms with E-state index >= 15 is 0 Å². The van der Waals surface area contributed by atoms with Gasteiger partial charge in [0.2, 0.25) is 0 Å². The van der Waals surface area contributed by atoms with E-state index in [-0.39, 0.29) is 13.2 Å². The van der Waals surface area contributed by atoms with Crippen LogP contribution in [0, 0.1) is 6.92 Å². The topological polar surface area (TPSA) is 76.7 Å². The van der Waals surface area contributed by atoms with Crippen LogP contribution in [-0.2, 0) is 9.59 Å². The lowest BCUT2D eigenvalue weighted by atomic mass is 10.2. The maximum atomic E-state index is 11.7. The summed E-state index contributed by atoms with van der Waals surface area (Å²) >= 11 is 3.36. The molecule has 0 atom stereocenters. The summed E-state index contributed by atoms with van der Waals surface area (Å²) in [6, 6.07) is 14.4. The van der Waals surface area contributed by atoms with E-state index in [9.17, 15) is 9.59 Å². The Hall–Kier alpha value is -2.54. The lowest BCUT2D eigenvalue weighted by Crippen LogP contribution is -2.45. The van der Waals surface area contributed by atoms with Gasteiger partial charge >= 0.3 is 0 Å². The second-order valence-electron chi connectivity index (χ2n) is 4.92. The number of amides is 2. The molecule has 0 radical (unpaired) electrons. The average molecular weight is 393 g/mol. The van der Waals surface area contributed by atoms with Gasteiger partial charge in [0.1, 0.15) is 11.5 Å². The van der Waals surface area contributed by atoms with Crippen LogP contribution in [0.4, 0.5) is 0 Å². The zero-order chi connectivity index (χ0) is 17.4. The second kappa shape index (κ2) is 8.93. The number of nitrogens with one attached hydrogen (secondary N) is 2. The summed E-state index contributed by atoms with van der Waals surface area (Å²) in [6.07, 6.45) is 0. The molecule has 2 aromatic rings. The molecule has 6 nitrogen and oxygen atoms in total. The van der Waals surface area contributed by atoms with Crippen molar-refractivity contribution in [3.05, 3.63) is 58.6 Å². The van der Waals surface area contributed by atoms with E-state index in [0.717, 1.165) is 10.0 Å². The number of hydrogen-bond acceptors (Lipinski definition) is 4. The number of halogens is 1. The second-order valence-corrected chi connectivity index (χ2v) is 5.77. The first-order valence-electron chi connectivity index (χ1n) is 7.19. The highest BCUT2D eigenvalue weighted by Gasteiger charge is 2.08. The van der Waals surface area contributed by atoms with Crippen LogP contribution in [0.15, 0.2) is 53.0 Å². The first kappa shape index (κ1) is 17.8. The van der Waals surface area contributed by atoms with E-state index in [1.165, 1.54) is 0 Å². The fraction of sp³-hybridized carbons (Fsp3) is 0.176. The molecule has 2 N–H and O–H groups in total. The van der Waals surface area contributed by atoms with Gasteiger partial charge in [-0.25, -0.2) is 0 Å². The highest BCUT2D eigenvalue weighted by molar-refractivity contribution is 9.10. The molecule has 2 aromatic carbocycles. The van der Waals surface area contributed by atoms with Crippen molar-refractivity contribution in [1.82, 2.24) is 10.9 Å². The number of benzene rings is 2. The van der Waals surface area contributed by atoms with E-state index in [4.69, 9.17) is 9.47 Å². The Labute approximate surface area is 148 Å². The molecule has 0 bridgehead atoms. The van der Waals surface area contributed by atoms with Gasteiger partial charge < -0.3 is 9.47 Å². The third-order valence-electron chi connectivity index (χ3n) is 2.90. The van der Waals surface area contributed by atoms with Gasteiger partial charge in [-0.05, 0) is 52.7 Å². The van der Waals surface area contributed by atoms with Crippen LogP contribution in [0.25, 0.3) is 0 Å². The maximum absolute atomic E-state index is 11.7. The monoisotopic (exact) mass is 392 g/mol. The van der Waals surface area contributed by atoms with Gasteiger partial charge in [0.05, 0.1) is 4.47 Å². The van der Waals surface area contributed by atoms with Crippen molar-refractivity contribution in [2.75, 3.05) is 13.2 Å². The fourth-order valence-corrected chi connectivity index (χ4v) is 2.35. The summed E-state index contributed by atoms with van der Waals surface area (Å²) < 4.78 is 11.4. The van der Waals surface area contributed by atoms with Crippen molar-refractivity contribution in [2.45, 2.75) is 6.92 Å². The first-order chi connectivity index (χ1) is 11.5. The Balaban J connectivity index is 1.68. The van der Waals surface area contributed by atoms with Crippen molar-refractivity contribution >= 4 is 27.7 Å². The lowest BCUT2D eigenvalue weighted by Gasteiger charge is -2.10. The van der Waals surface area contributed by atoms with Crippen LogP contribution in [0.2, 0.25) is 0 Å². The summed E-state index contributed by atoms with van der Waals surface area (Å²) in [5.74, 6) is 0.181. The smallest absolute Gasteiger partial charge is 0.276 e. The molecule has 24 heavy (non-hydrogen) atoms. The molecule has 2 amide bonds. The van der Waals surface area contributed by atoms with Crippen molar-refractivity contribution < 1.29 is 19.1 Å². The molecule has 0 aliphatic carbocycles. The number of carbonyl (C=O) groups is 2. The van der Waals surface area contributed by atoms with Gasteiger partial charge in [-0.3, -0.25) is 20.4 Å². The molecule has 0 aliphatic heterocycles. The number of hydrazine groups is 1. The molecule has 0 aromatic heterocycles. The number of aryl methyl sites for hydroxylation is 1. The predicted octanol–water partition coefficient (Wildman–Crippen LogP) is 2.36. The van der Waals surface area contributed by atoms with Crippen molar-refractivity contribution in [3.8, 4) is 11.5 Å². The van der Waals surface area contributed by atoms with Crippen LogP contribution in [0.1, 0.15) is 5.56 Å². The molecule has 0 fully saturated rings. The molecule has 0 spiro atoms. The van der Waals surface area contributed by atoms with E-state index in [2.05, 4.69) is 26.8 Å². The minimum atomic E-state index is -0.476. The summed E-state index contributed by atoms with van der Waals surface area (Å²) in [7, 11) is 0. The lowest BCUT2D eigenvalue weighted by molar-refractivity contribution is -0.131. The quantitative estimate of drug-likeness (QED) is 0.739. The normalized spacial score (nSPS) is 9.92. The number of para-hydroxylation sites is 1. The van der Waals surface area contributed by atoms with Gasteiger partial charge in [-0.2, -0.15) is 0 Å². The molecule has 0 heterocycles. The maximum Gasteiger partial charge on any atom is 0.276 e. The third kappa shape index (κ3) is 5.92. The number of carbonyl (C=O) groups excluding carboxylic acids is 2. The first-order valence-corrected chi connectivity index (χ1v) is 7.98. The molecule has 7 heteroatoms. The van der Waals surface area contributed by atoms with Gasteiger partial charge in [0.15, 0.2) is 13.2 Å².